The van der Waals surface area contributed by atoms with Crippen LogP contribution in [0.5, 0.6) is 5.75 Å². The van der Waals surface area contributed by atoms with E-state index in [4.69, 9.17) is 4.74 Å². The average molecular weight is 442 g/mol. The van der Waals surface area contributed by atoms with Gasteiger partial charge in [-0.3, -0.25) is 14.2 Å². The van der Waals surface area contributed by atoms with Gasteiger partial charge in [0.1, 0.15) is 12.3 Å². The maximum Gasteiger partial charge on any atom is 0.256 e. The number of benzene rings is 3. The van der Waals surface area contributed by atoms with E-state index in [9.17, 15) is 9.59 Å². The lowest BCUT2D eigenvalue weighted by atomic mass is 10.1. The van der Waals surface area contributed by atoms with E-state index in [0.717, 1.165) is 16.6 Å². The number of anilines is 2. The van der Waals surface area contributed by atoms with E-state index in [1.807, 2.05) is 80.6 Å². The lowest BCUT2D eigenvalue weighted by Gasteiger charge is -2.15. The average Bonchev–Trinajstić information content (AvgIpc) is 2.80. The molecule has 0 aliphatic rings. The Kier molecular flexibility index (Phi) is 6.45. The highest BCUT2D eigenvalue weighted by Gasteiger charge is 2.14. The van der Waals surface area contributed by atoms with Gasteiger partial charge in [-0.1, -0.05) is 29.8 Å². The van der Waals surface area contributed by atoms with Gasteiger partial charge in [0, 0.05) is 29.5 Å². The van der Waals surface area contributed by atoms with Crippen molar-refractivity contribution in [2.75, 3.05) is 17.7 Å². The van der Waals surface area contributed by atoms with Gasteiger partial charge >= 0.3 is 0 Å². The van der Waals surface area contributed by atoms with Gasteiger partial charge in [-0.15, -0.1) is 0 Å². The first kappa shape index (κ1) is 22.1. The maximum atomic E-state index is 13.4. The first-order chi connectivity index (χ1) is 15.9. The minimum absolute atomic E-state index is 0.102. The number of methoxy groups -OCH3 is 1. The fraction of sp³-hybridized carbons (Fsp3) is 0.185. The van der Waals surface area contributed by atoms with Crippen LogP contribution in [0.1, 0.15) is 16.7 Å². The summed E-state index contributed by atoms with van der Waals surface area (Å²) in [6, 6.07) is 23.0. The molecule has 4 aromatic rings. The number of carbonyl (C=O) groups excluding carboxylic acids is 1. The van der Waals surface area contributed by atoms with E-state index in [1.165, 1.54) is 10.1 Å². The van der Waals surface area contributed by atoms with Crippen molar-refractivity contribution in [3.05, 3.63) is 99.8 Å². The molecule has 0 saturated carbocycles. The van der Waals surface area contributed by atoms with Crippen molar-refractivity contribution in [2.24, 2.45) is 0 Å². The number of aryl methyl sites for hydroxylation is 2. The van der Waals surface area contributed by atoms with Crippen LogP contribution in [0.4, 0.5) is 11.4 Å². The number of pyridine rings is 1. The summed E-state index contributed by atoms with van der Waals surface area (Å²) in [4.78, 5) is 26.3. The highest BCUT2D eigenvalue weighted by atomic mass is 16.5. The van der Waals surface area contributed by atoms with Gasteiger partial charge in [0.25, 0.3) is 5.56 Å². The van der Waals surface area contributed by atoms with Crippen molar-refractivity contribution in [3.63, 3.8) is 0 Å². The monoisotopic (exact) mass is 441 g/mol. The molecule has 2 N–H and O–H groups in total. The highest BCUT2D eigenvalue weighted by Crippen LogP contribution is 2.21. The van der Waals surface area contributed by atoms with E-state index < -0.39 is 0 Å². The third kappa shape index (κ3) is 5.23. The van der Waals surface area contributed by atoms with Crippen molar-refractivity contribution in [1.29, 1.82) is 0 Å². The van der Waals surface area contributed by atoms with Gasteiger partial charge < -0.3 is 15.4 Å². The normalized spacial score (nSPS) is 10.8. The number of hydrogen-bond acceptors (Lipinski definition) is 4. The van der Waals surface area contributed by atoms with Crippen LogP contribution in [-0.4, -0.2) is 17.6 Å². The zero-order valence-corrected chi connectivity index (χ0v) is 19.0. The van der Waals surface area contributed by atoms with Crippen LogP contribution < -0.4 is 20.9 Å². The summed E-state index contributed by atoms with van der Waals surface area (Å²) in [6.45, 7) is 4.24. The Bertz CT molecular complexity index is 1360. The highest BCUT2D eigenvalue weighted by molar-refractivity contribution is 5.92. The molecule has 0 aliphatic carbocycles. The molecular weight excluding hydrogens is 414 g/mol. The van der Waals surface area contributed by atoms with Crippen LogP contribution in [0.2, 0.25) is 0 Å². The molecule has 6 heteroatoms. The first-order valence-corrected chi connectivity index (χ1v) is 10.8. The predicted octanol–water partition coefficient (Wildman–Crippen LogP) is 4.88. The standard InChI is InChI=1S/C27H27N3O3/c1-18-7-10-22(11-8-18)28-16-21-14-20-9-12-24(33-3)15-25(20)30(27(21)32)17-26(31)29-23-6-4-5-19(2)13-23/h4-15,28H,16-17H2,1-3H3,(H,29,31). The molecule has 168 valence electrons. The lowest BCUT2D eigenvalue weighted by molar-refractivity contribution is -0.116. The van der Waals surface area contributed by atoms with Gasteiger partial charge in [-0.2, -0.15) is 0 Å². The van der Waals surface area contributed by atoms with Gasteiger partial charge in [-0.25, -0.2) is 0 Å². The Labute approximate surface area is 192 Å². The predicted molar refractivity (Wildman–Crippen MR) is 133 cm³/mol. The number of nitrogens with one attached hydrogen (secondary N) is 2. The molecule has 1 aromatic heterocycles. The molecule has 0 atom stereocenters. The topological polar surface area (TPSA) is 72.4 Å². The van der Waals surface area contributed by atoms with Gasteiger partial charge in [0.05, 0.1) is 12.6 Å². The van der Waals surface area contributed by atoms with Crippen LogP contribution in [0, 0.1) is 13.8 Å². The number of nitrogens with zero attached hydrogens (tertiary/aromatic N) is 1. The molecule has 0 spiro atoms. The van der Waals surface area contributed by atoms with E-state index in [1.54, 1.807) is 13.2 Å². The Morgan fingerprint density at radius 2 is 1.70 bits per heavy atom. The molecule has 0 aliphatic heterocycles. The second-order valence-electron chi connectivity index (χ2n) is 8.12. The number of hydrogen-bond donors (Lipinski definition) is 2. The van der Waals surface area contributed by atoms with Gasteiger partial charge in [0.2, 0.25) is 5.91 Å². The van der Waals surface area contributed by atoms with Crippen molar-refractivity contribution < 1.29 is 9.53 Å². The van der Waals surface area contributed by atoms with E-state index in [2.05, 4.69) is 10.6 Å². The Morgan fingerprint density at radius 1 is 0.909 bits per heavy atom. The number of ether oxygens (including phenoxy) is 1. The third-order valence-corrected chi connectivity index (χ3v) is 5.52. The van der Waals surface area contributed by atoms with Crippen LogP contribution >= 0.6 is 0 Å². The Balaban J connectivity index is 1.67. The molecule has 0 fully saturated rings. The van der Waals surface area contributed by atoms with Crippen molar-refractivity contribution >= 4 is 28.2 Å². The second-order valence-corrected chi connectivity index (χ2v) is 8.12. The number of amides is 1. The quantitative estimate of drug-likeness (QED) is 0.429. The lowest BCUT2D eigenvalue weighted by Crippen LogP contribution is -2.30. The summed E-state index contributed by atoms with van der Waals surface area (Å²) in [5.74, 6) is 0.357. The molecule has 0 bridgehead atoms. The van der Waals surface area contributed by atoms with Crippen molar-refractivity contribution in [2.45, 2.75) is 26.9 Å². The molecule has 4 rings (SSSR count). The molecule has 0 saturated heterocycles. The summed E-state index contributed by atoms with van der Waals surface area (Å²) < 4.78 is 6.86. The van der Waals surface area contributed by atoms with Crippen LogP contribution in [0.15, 0.2) is 77.6 Å². The van der Waals surface area contributed by atoms with Crippen LogP contribution in [0.25, 0.3) is 10.9 Å². The summed E-state index contributed by atoms with van der Waals surface area (Å²) >= 11 is 0. The fourth-order valence-corrected chi connectivity index (χ4v) is 3.76. The number of rotatable bonds is 7. The Morgan fingerprint density at radius 3 is 2.42 bits per heavy atom. The van der Waals surface area contributed by atoms with E-state index in [0.29, 0.717) is 29.1 Å². The van der Waals surface area contributed by atoms with Crippen molar-refractivity contribution in [1.82, 2.24) is 4.57 Å². The second kappa shape index (κ2) is 9.61. The van der Waals surface area contributed by atoms with E-state index in [-0.39, 0.29) is 18.0 Å². The molecule has 1 heterocycles. The smallest absolute Gasteiger partial charge is 0.256 e. The van der Waals surface area contributed by atoms with E-state index >= 15 is 0 Å². The molecular formula is C27H27N3O3. The maximum absolute atomic E-state index is 13.4. The summed E-state index contributed by atoms with van der Waals surface area (Å²) in [6.07, 6.45) is 0. The fourth-order valence-electron chi connectivity index (χ4n) is 3.76. The van der Waals surface area contributed by atoms with Gasteiger partial charge in [0.15, 0.2) is 0 Å². The number of fused-ring (bicyclic) bond motifs is 1. The number of carbonyl (C=O) groups is 1. The number of aromatic nitrogens is 1. The largest absolute Gasteiger partial charge is 0.497 e. The minimum atomic E-state index is -0.268. The SMILES string of the molecule is COc1ccc2cc(CNc3ccc(C)cc3)c(=O)n(CC(=O)Nc3cccc(C)c3)c2c1. The molecule has 1 amide bonds. The minimum Gasteiger partial charge on any atom is -0.497 e. The van der Waals surface area contributed by atoms with Crippen LogP contribution in [-0.2, 0) is 17.9 Å². The third-order valence-electron chi connectivity index (χ3n) is 5.52. The summed E-state index contributed by atoms with van der Waals surface area (Å²) in [5.41, 5.74) is 4.86. The molecule has 0 radical (unpaired) electrons. The molecule has 0 unspecified atom stereocenters. The molecule has 3 aromatic carbocycles. The molecule has 6 nitrogen and oxygen atoms in total. The molecule has 33 heavy (non-hydrogen) atoms. The zero-order valence-electron chi connectivity index (χ0n) is 19.0. The van der Waals surface area contributed by atoms with Crippen LogP contribution in [0.3, 0.4) is 0 Å². The summed E-state index contributed by atoms with van der Waals surface area (Å²) in [7, 11) is 1.58. The zero-order chi connectivity index (χ0) is 23.4. The summed E-state index contributed by atoms with van der Waals surface area (Å²) in [5, 5.41) is 7.05. The van der Waals surface area contributed by atoms with Gasteiger partial charge in [-0.05, 0) is 67.3 Å². The Hall–Kier alpha value is -4.06. The first-order valence-electron chi connectivity index (χ1n) is 10.8. The van der Waals surface area contributed by atoms with Crippen molar-refractivity contribution in [3.8, 4) is 5.75 Å².